The van der Waals surface area contributed by atoms with Gasteiger partial charge < -0.3 is 15.8 Å². The third kappa shape index (κ3) is 4.14. The monoisotopic (exact) mass is 339 g/mol. The maximum atomic E-state index is 11.3. The van der Waals surface area contributed by atoms with Crippen molar-refractivity contribution in [3.63, 3.8) is 0 Å². The molecular formula is C18H21N5O2. The van der Waals surface area contributed by atoms with Gasteiger partial charge in [-0.25, -0.2) is 9.78 Å². The molecule has 130 valence electrons. The number of benzene rings is 1. The first kappa shape index (κ1) is 18.0. The minimum atomic E-state index is -0.325. The lowest BCUT2D eigenvalue weighted by molar-refractivity contribution is 0.254. The summed E-state index contributed by atoms with van der Waals surface area (Å²) in [6, 6.07) is 10.6. The van der Waals surface area contributed by atoms with Gasteiger partial charge in [-0.2, -0.15) is 0 Å². The van der Waals surface area contributed by atoms with Gasteiger partial charge in [0.1, 0.15) is 23.7 Å². The van der Waals surface area contributed by atoms with Gasteiger partial charge in [0, 0.05) is 30.5 Å². The van der Waals surface area contributed by atoms with Gasteiger partial charge in [-0.15, -0.1) is 0 Å². The van der Waals surface area contributed by atoms with Gasteiger partial charge in [-0.05, 0) is 42.0 Å². The highest BCUT2D eigenvalue weighted by Gasteiger charge is 2.07. The molecular weight excluding hydrogens is 318 g/mol. The molecule has 2 amide bonds. The molecule has 7 nitrogen and oxygen atoms in total. The first-order valence-corrected chi connectivity index (χ1v) is 7.37. The molecule has 0 spiro atoms. The van der Waals surface area contributed by atoms with Gasteiger partial charge in [0.15, 0.2) is 0 Å². The molecule has 0 saturated carbocycles. The van der Waals surface area contributed by atoms with Crippen LogP contribution in [0.15, 0.2) is 48.8 Å². The van der Waals surface area contributed by atoms with Gasteiger partial charge in [-0.1, -0.05) is 7.43 Å². The van der Waals surface area contributed by atoms with E-state index in [2.05, 4.69) is 20.6 Å². The smallest absolute Gasteiger partial charge is 0.320 e. The van der Waals surface area contributed by atoms with Crippen LogP contribution >= 0.6 is 0 Å². The van der Waals surface area contributed by atoms with Crippen molar-refractivity contribution >= 4 is 28.4 Å². The standard InChI is InChI=1S/C17H17N5O2.CH4/c1-19-17(23)22-15-9-11(6-8-20-15)10-24-14-5-4-13(18)12-3-2-7-21-16(12)14;/h2-9H,10,18H2,1H3,(H2,19,20,22,23);1H4. The Kier molecular flexibility index (Phi) is 5.73. The molecule has 2 heterocycles. The van der Waals surface area contributed by atoms with E-state index in [1.165, 1.54) is 0 Å². The van der Waals surface area contributed by atoms with E-state index >= 15 is 0 Å². The number of amides is 2. The highest BCUT2D eigenvalue weighted by molar-refractivity contribution is 5.94. The Labute approximate surface area is 146 Å². The van der Waals surface area contributed by atoms with Crippen LogP contribution in [0.25, 0.3) is 10.9 Å². The molecule has 3 rings (SSSR count). The number of nitrogen functional groups attached to an aromatic ring is 1. The van der Waals surface area contributed by atoms with Crippen molar-refractivity contribution in [2.45, 2.75) is 14.0 Å². The van der Waals surface area contributed by atoms with E-state index in [1.807, 2.05) is 18.2 Å². The lowest BCUT2D eigenvalue weighted by Gasteiger charge is -2.11. The van der Waals surface area contributed by atoms with Crippen LogP contribution in [0.2, 0.25) is 0 Å². The Hall–Kier alpha value is -3.35. The van der Waals surface area contributed by atoms with E-state index in [9.17, 15) is 4.79 Å². The number of ether oxygens (including phenoxy) is 1. The summed E-state index contributed by atoms with van der Waals surface area (Å²) in [7, 11) is 1.54. The molecule has 0 aliphatic rings. The third-order valence-corrected chi connectivity index (χ3v) is 3.45. The van der Waals surface area contributed by atoms with Crippen LogP contribution < -0.4 is 21.1 Å². The first-order valence-electron chi connectivity index (χ1n) is 7.37. The first-order chi connectivity index (χ1) is 11.7. The number of rotatable bonds is 4. The molecule has 7 heteroatoms. The average Bonchev–Trinajstić information content (AvgIpc) is 2.61. The van der Waals surface area contributed by atoms with Crippen molar-refractivity contribution < 1.29 is 9.53 Å². The highest BCUT2D eigenvalue weighted by Crippen LogP contribution is 2.28. The predicted octanol–water partition coefficient (Wildman–Crippen LogP) is 3.18. The van der Waals surface area contributed by atoms with E-state index in [-0.39, 0.29) is 13.5 Å². The van der Waals surface area contributed by atoms with Gasteiger partial charge in [0.2, 0.25) is 0 Å². The number of nitrogens with one attached hydrogen (secondary N) is 2. The number of anilines is 2. The van der Waals surface area contributed by atoms with Crippen molar-refractivity contribution in [2.24, 2.45) is 0 Å². The molecule has 0 unspecified atom stereocenters. The van der Waals surface area contributed by atoms with Crippen LogP contribution in [0.3, 0.4) is 0 Å². The molecule has 4 N–H and O–H groups in total. The second-order valence-electron chi connectivity index (χ2n) is 5.09. The van der Waals surface area contributed by atoms with Crippen molar-refractivity contribution in [3.05, 3.63) is 54.4 Å². The zero-order chi connectivity index (χ0) is 16.9. The molecule has 3 aromatic rings. The lowest BCUT2D eigenvalue weighted by Crippen LogP contribution is -2.25. The summed E-state index contributed by atoms with van der Waals surface area (Å²) in [5.41, 5.74) is 8.21. The lowest BCUT2D eigenvalue weighted by atomic mass is 10.1. The van der Waals surface area contributed by atoms with Crippen LogP contribution in [0.1, 0.15) is 13.0 Å². The van der Waals surface area contributed by atoms with Crippen molar-refractivity contribution in [3.8, 4) is 5.75 Å². The average molecular weight is 339 g/mol. The van der Waals surface area contributed by atoms with E-state index in [4.69, 9.17) is 10.5 Å². The summed E-state index contributed by atoms with van der Waals surface area (Å²) in [4.78, 5) is 19.8. The molecule has 0 fully saturated rings. The summed E-state index contributed by atoms with van der Waals surface area (Å²) < 4.78 is 5.87. The fourth-order valence-corrected chi connectivity index (χ4v) is 2.26. The maximum absolute atomic E-state index is 11.3. The molecule has 0 aliphatic carbocycles. The van der Waals surface area contributed by atoms with Gasteiger partial charge in [-0.3, -0.25) is 10.3 Å². The van der Waals surface area contributed by atoms with Gasteiger partial charge in [0.05, 0.1) is 0 Å². The second-order valence-corrected chi connectivity index (χ2v) is 5.09. The number of nitrogens with zero attached hydrogens (tertiary/aromatic N) is 2. The predicted molar refractivity (Wildman–Crippen MR) is 99.5 cm³/mol. The number of aromatic nitrogens is 2. The zero-order valence-corrected chi connectivity index (χ0v) is 13.1. The van der Waals surface area contributed by atoms with Gasteiger partial charge in [0.25, 0.3) is 0 Å². The number of pyridine rings is 2. The topological polar surface area (TPSA) is 102 Å². The van der Waals surface area contributed by atoms with E-state index in [0.29, 0.717) is 23.9 Å². The Morgan fingerprint density at radius 2 is 2.04 bits per heavy atom. The Bertz CT molecular complexity index is 882. The van der Waals surface area contributed by atoms with Crippen LogP contribution in [0, 0.1) is 0 Å². The number of urea groups is 1. The van der Waals surface area contributed by atoms with Crippen LogP contribution in [-0.2, 0) is 6.61 Å². The van der Waals surface area contributed by atoms with Crippen molar-refractivity contribution in [1.29, 1.82) is 0 Å². The summed E-state index contributed by atoms with van der Waals surface area (Å²) >= 11 is 0. The molecule has 1 aromatic carbocycles. The quantitative estimate of drug-likeness (QED) is 0.634. The Morgan fingerprint density at radius 3 is 2.84 bits per heavy atom. The molecule has 0 bridgehead atoms. The SMILES string of the molecule is C.CNC(=O)Nc1cc(COc2ccc(N)c3cccnc23)ccn1. The molecule has 0 radical (unpaired) electrons. The summed E-state index contributed by atoms with van der Waals surface area (Å²) in [5.74, 6) is 1.10. The molecule has 0 atom stereocenters. The number of hydrogen-bond donors (Lipinski definition) is 3. The summed E-state index contributed by atoms with van der Waals surface area (Å²) in [6.07, 6.45) is 3.32. The normalized spacial score (nSPS) is 9.96. The Balaban J connectivity index is 0.00000225. The molecule has 2 aromatic heterocycles. The third-order valence-electron chi connectivity index (χ3n) is 3.45. The van der Waals surface area contributed by atoms with E-state index in [0.717, 1.165) is 16.5 Å². The Morgan fingerprint density at radius 1 is 1.20 bits per heavy atom. The summed E-state index contributed by atoms with van der Waals surface area (Å²) in [6.45, 7) is 0.320. The minimum absolute atomic E-state index is 0. The number of fused-ring (bicyclic) bond motifs is 1. The van der Waals surface area contributed by atoms with Crippen LogP contribution in [0.5, 0.6) is 5.75 Å². The molecule has 0 aliphatic heterocycles. The van der Waals surface area contributed by atoms with Crippen LogP contribution in [-0.4, -0.2) is 23.0 Å². The van der Waals surface area contributed by atoms with Gasteiger partial charge >= 0.3 is 6.03 Å². The minimum Gasteiger partial charge on any atom is -0.487 e. The largest absolute Gasteiger partial charge is 0.487 e. The fourth-order valence-electron chi connectivity index (χ4n) is 2.26. The maximum Gasteiger partial charge on any atom is 0.320 e. The van der Waals surface area contributed by atoms with E-state index in [1.54, 1.807) is 37.6 Å². The van der Waals surface area contributed by atoms with E-state index < -0.39 is 0 Å². The van der Waals surface area contributed by atoms with Crippen molar-refractivity contribution in [1.82, 2.24) is 15.3 Å². The van der Waals surface area contributed by atoms with Crippen molar-refractivity contribution in [2.75, 3.05) is 18.1 Å². The molecule has 0 saturated heterocycles. The molecule has 25 heavy (non-hydrogen) atoms. The summed E-state index contributed by atoms with van der Waals surface area (Å²) in [5, 5.41) is 5.95. The number of nitrogens with two attached hydrogens (primary N) is 1. The number of carbonyl (C=O) groups is 1. The zero-order valence-electron chi connectivity index (χ0n) is 13.1. The number of carbonyl (C=O) groups excluding carboxylic acids is 1. The van der Waals surface area contributed by atoms with Crippen LogP contribution in [0.4, 0.5) is 16.3 Å². The second kappa shape index (κ2) is 7.96. The number of hydrogen-bond acceptors (Lipinski definition) is 5. The highest BCUT2D eigenvalue weighted by atomic mass is 16.5. The fraction of sp³-hybridized carbons (Fsp3) is 0.167.